The molecule has 2 unspecified atom stereocenters. The van der Waals surface area contributed by atoms with Crippen molar-refractivity contribution < 1.29 is 18.0 Å². The lowest BCUT2D eigenvalue weighted by molar-refractivity contribution is -0.137. The molecule has 2 nitrogen and oxygen atoms in total. The quantitative estimate of drug-likeness (QED) is 0.725. The number of carbonyl (C=O) groups excluding carboxylic acids is 1. The Bertz CT molecular complexity index is 653. The normalized spacial score (nSPS) is 27.3. The van der Waals surface area contributed by atoms with Gasteiger partial charge in [0.15, 0.2) is 5.78 Å². The summed E-state index contributed by atoms with van der Waals surface area (Å²) in [7, 11) is 0. The minimum Gasteiger partial charge on any atom is -0.294 e. The molecule has 3 rings (SSSR count). The third-order valence-electron chi connectivity index (χ3n) is 4.64. The largest absolute Gasteiger partial charge is 0.416 e. The van der Waals surface area contributed by atoms with Crippen LogP contribution in [0.3, 0.4) is 0 Å². The first-order valence-corrected chi connectivity index (χ1v) is 8.64. The van der Waals surface area contributed by atoms with Gasteiger partial charge >= 0.3 is 6.18 Å². The zero-order valence-corrected chi connectivity index (χ0v) is 13.2. The van der Waals surface area contributed by atoms with E-state index in [4.69, 9.17) is 5.26 Å². The molecule has 1 aromatic rings. The molecule has 1 aromatic carbocycles. The highest BCUT2D eigenvalue weighted by Gasteiger charge is 2.37. The minimum atomic E-state index is -4.51. The third kappa shape index (κ3) is 3.40. The fraction of sp³-hybridized carbons (Fsp3) is 0.529. The first-order valence-electron chi connectivity index (χ1n) is 7.69. The molecule has 2 aliphatic heterocycles. The van der Waals surface area contributed by atoms with Gasteiger partial charge < -0.3 is 0 Å². The highest BCUT2D eigenvalue weighted by Crippen LogP contribution is 2.45. The number of benzene rings is 1. The smallest absolute Gasteiger partial charge is 0.294 e. The Morgan fingerprint density at radius 1 is 1.22 bits per heavy atom. The molecule has 2 bridgehead atoms. The predicted molar refractivity (Wildman–Crippen MR) is 82.2 cm³/mol. The lowest BCUT2D eigenvalue weighted by Crippen LogP contribution is -2.33. The van der Waals surface area contributed by atoms with Crippen LogP contribution >= 0.6 is 11.8 Å². The van der Waals surface area contributed by atoms with Gasteiger partial charge in [0.1, 0.15) is 0 Å². The highest BCUT2D eigenvalue weighted by molar-refractivity contribution is 8.00. The standard InChI is InChI=1S/C17H16F3NOS/c18-17(19,20)12-4-5-15(11(6-12)9-21)16(22)10-7-13-2-1-3-14(8-10)23-13/h4-6,10,13-14H,1-3,7-8H2. The fourth-order valence-electron chi connectivity index (χ4n) is 3.52. The van der Waals surface area contributed by atoms with E-state index < -0.39 is 11.7 Å². The molecule has 2 aliphatic rings. The topological polar surface area (TPSA) is 40.9 Å². The predicted octanol–water partition coefficient (Wildman–Crippen LogP) is 4.82. The monoisotopic (exact) mass is 339 g/mol. The van der Waals surface area contributed by atoms with Crippen molar-refractivity contribution >= 4 is 17.5 Å². The molecule has 6 heteroatoms. The number of fused-ring (bicyclic) bond motifs is 2. The van der Waals surface area contributed by atoms with Crippen LogP contribution in [0, 0.1) is 17.2 Å². The van der Waals surface area contributed by atoms with Crippen LogP contribution in [-0.4, -0.2) is 16.3 Å². The van der Waals surface area contributed by atoms with Gasteiger partial charge in [-0.2, -0.15) is 30.2 Å². The molecular weight excluding hydrogens is 323 g/mol. The van der Waals surface area contributed by atoms with Crippen LogP contribution in [0.15, 0.2) is 18.2 Å². The molecule has 2 atom stereocenters. The van der Waals surface area contributed by atoms with Crippen molar-refractivity contribution in [2.75, 3.05) is 0 Å². The number of halogens is 3. The van der Waals surface area contributed by atoms with Gasteiger partial charge in [0.2, 0.25) is 0 Å². The SMILES string of the molecule is N#Cc1cc(C(F)(F)F)ccc1C(=O)C1CC2CCCC(C1)S2. The fourth-order valence-corrected chi connectivity index (χ4v) is 5.36. The van der Waals surface area contributed by atoms with Crippen molar-refractivity contribution in [3.8, 4) is 6.07 Å². The Balaban J connectivity index is 1.86. The van der Waals surface area contributed by atoms with Gasteiger partial charge in [-0.1, -0.05) is 6.42 Å². The summed E-state index contributed by atoms with van der Waals surface area (Å²) >= 11 is 1.94. The Kier molecular flexibility index (Phi) is 4.41. The summed E-state index contributed by atoms with van der Waals surface area (Å²) in [4.78, 5) is 12.7. The average molecular weight is 339 g/mol. The molecule has 0 aromatic heterocycles. The number of ketones is 1. The Morgan fingerprint density at radius 2 is 1.87 bits per heavy atom. The highest BCUT2D eigenvalue weighted by atomic mass is 32.2. The van der Waals surface area contributed by atoms with Gasteiger partial charge in [-0.05, 0) is 43.9 Å². The van der Waals surface area contributed by atoms with Crippen LogP contribution in [0.4, 0.5) is 13.2 Å². The van der Waals surface area contributed by atoms with Crippen LogP contribution in [0.1, 0.15) is 53.6 Å². The number of carbonyl (C=O) groups is 1. The van der Waals surface area contributed by atoms with Crippen molar-refractivity contribution in [1.29, 1.82) is 5.26 Å². The van der Waals surface area contributed by atoms with Crippen molar-refractivity contribution in [1.82, 2.24) is 0 Å². The van der Waals surface area contributed by atoms with E-state index in [0.29, 0.717) is 10.5 Å². The zero-order valence-electron chi connectivity index (χ0n) is 12.4. The van der Waals surface area contributed by atoms with E-state index in [1.807, 2.05) is 11.8 Å². The Labute approximate surface area is 137 Å². The van der Waals surface area contributed by atoms with E-state index in [1.54, 1.807) is 6.07 Å². The summed E-state index contributed by atoms with van der Waals surface area (Å²) in [5.74, 6) is -0.345. The zero-order chi connectivity index (χ0) is 16.6. The first-order chi connectivity index (χ1) is 10.9. The number of thioether (sulfide) groups is 1. The molecule has 0 N–H and O–H groups in total. The number of nitriles is 1. The van der Waals surface area contributed by atoms with Crippen LogP contribution in [0.25, 0.3) is 0 Å². The van der Waals surface area contributed by atoms with Gasteiger partial charge in [0.25, 0.3) is 0 Å². The van der Waals surface area contributed by atoms with Crippen LogP contribution in [0.5, 0.6) is 0 Å². The Morgan fingerprint density at radius 3 is 2.43 bits per heavy atom. The van der Waals surface area contributed by atoms with Crippen molar-refractivity contribution in [3.05, 3.63) is 34.9 Å². The number of alkyl halides is 3. The summed E-state index contributed by atoms with van der Waals surface area (Å²) in [6.45, 7) is 0. The molecule has 0 amide bonds. The van der Waals surface area contributed by atoms with Crippen LogP contribution in [-0.2, 0) is 6.18 Å². The summed E-state index contributed by atoms with van der Waals surface area (Å²) in [5, 5.41) is 10.1. The first kappa shape index (κ1) is 16.4. The molecular formula is C17H16F3NOS. The molecule has 0 radical (unpaired) electrons. The molecule has 23 heavy (non-hydrogen) atoms. The van der Waals surface area contributed by atoms with E-state index in [1.165, 1.54) is 12.5 Å². The van der Waals surface area contributed by atoms with Crippen molar-refractivity contribution in [2.24, 2.45) is 5.92 Å². The molecule has 122 valence electrons. The van der Waals surface area contributed by atoms with E-state index >= 15 is 0 Å². The number of rotatable bonds is 2. The Hall–Kier alpha value is -1.48. The second kappa shape index (κ2) is 6.20. The van der Waals surface area contributed by atoms with E-state index in [2.05, 4.69) is 0 Å². The van der Waals surface area contributed by atoms with Gasteiger partial charge in [0, 0.05) is 22.0 Å². The van der Waals surface area contributed by atoms with Crippen LogP contribution in [0.2, 0.25) is 0 Å². The lowest BCUT2D eigenvalue weighted by Gasteiger charge is -2.38. The molecule has 0 spiro atoms. The van der Waals surface area contributed by atoms with E-state index in [0.717, 1.165) is 37.8 Å². The maximum atomic E-state index is 12.8. The summed E-state index contributed by atoms with van der Waals surface area (Å²) in [5.41, 5.74) is -0.926. The van der Waals surface area contributed by atoms with E-state index in [-0.39, 0.29) is 22.8 Å². The number of nitrogens with zero attached hydrogens (tertiary/aromatic N) is 1. The molecule has 2 fully saturated rings. The molecule has 2 saturated heterocycles. The molecule has 0 aliphatic carbocycles. The van der Waals surface area contributed by atoms with Crippen molar-refractivity contribution in [3.63, 3.8) is 0 Å². The number of hydrogen-bond donors (Lipinski definition) is 0. The molecule has 2 heterocycles. The summed E-state index contributed by atoms with van der Waals surface area (Å²) in [6.07, 6.45) is 0.419. The average Bonchev–Trinajstić information content (AvgIpc) is 2.52. The third-order valence-corrected chi connectivity index (χ3v) is 6.26. The lowest BCUT2D eigenvalue weighted by atomic mass is 9.83. The summed E-state index contributed by atoms with van der Waals surface area (Å²) in [6, 6.07) is 4.60. The number of hydrogen-bond acceptors (Lipinski definition) is 3. The number of Topliss-reactive ketones (excluding diaryl/α,β-unsaturated/α-hetero) is 1. The van der Waals surface area contributed by atoms with Gasteiger partial charge in [-0.3, -0.25) is 4.79 Å². The van der Waals surface area contributed by atoms with E-state index in [9.17, 15) is 18.0 Å². The second-order valence-corrected chi connectivity index (χ2v) is 7.82. The second-order valence-electron chi connectivity index (χ2n) is 6.21. The van der Waals surface area contributed by atoms with Crippen LogP contribution < -0.4 is 0 Å². The van der Waals surface area contributed by atoms with Crippen molar-refractivity contribution in [2.45, 2.75) is 48.8 Å². The minimum absolute atomic E-state index is 0.135. The summed E-state index contributed by atoms with van der Waals surface area (Å²) < 4.78 is 38.3. The van der Waals surface area contributed by atoms with Gasteiger partial charge in [-0.25, -0.2) is 0 Å². The maximum absolute atomic E-state index is 12.8. The van der Waals surface area contributed by atoms with Gasteiger partial charge in [0.05, 0.1) is 17.2 Å². The van der Waals surface area contributed by atoms with Gasteiger partial charge in [-0.15, -0.1) is 0 Å². The maximum Gasteiger partial charge on any atom is 0.416 e. The molecule has 0 saturated carbocycles.